The zero-order chi connectivity index (χ0) is 15.3. The van der Waals surface area contributed by atoms with E-state index in [-0.39, 0.29) is 0 Å². The van der Waals surface area contributed by atoms with E-state index < -0.39 is 0 Å². The summed E-state index contributed by atoms with van der Waals surface area (Å²) in [4.78, 5) is 0. The van der Waals surface area contributed by atoms with E-state index in [2.05, 4.69) is 63.3 Å². The Kier molecular flexibility index (Phi) is 5.83. The van der Waals surface area contributed by atoms with Gasteiger partial charge in [-0.2, -0.15) is 0 Å². The van der Waals surface area contributed by atoms with Gasteiger partial charge in [0, 0.05) is 24.1 Å². The minimum Gasteiger partial charge on any atom is -0.378 e. The molecule has 0 heterocycles. The van der Waals surface area contributed by atoms with Gasteiger partial charge in [-0.05, 0) is 45.1 Å². The fourth-order valence-corrected chi connectivity index (χ4v) is 3.46. The van der Waals surface area contributed by atoms with Crippen molar-refractivity contribution in [2.24, 2.45) is 5.41 Å². The number of ether oxygens (including phenoxy) is 1. The van der Waals surface area contributed by atoms with E-state index in [9.17, 15) is 0 Å². The van der Waals surface area contributed by atoms with Crippen LogP contribution in [0.2, 0.25) is 0 Å². The molecule has 1 aliphatic rings. The van der Waals surface area contributed by atoms with Crippen molar-refractivity contribution in [3.63, 3.8) is 0 Å². The summed E-state index contributed by atoms with van der Waals surface area (Å²) in [7, 11) is 0. The van der Waals surface area contributed by atoms with Gasteiger partial charge in [0.25, 0.3) is 0 Å². The lowest BCUT2D eigenvalue weighted by molar-refractivity contribution is -0.127. The van der Waals surface area contributed by atoms with Crippen LogP contribution in [0.3, 0.4) is 0 Å². The Morgan fingerprint density at radius 1 is 1.29 bits per heavy atom. The molecule has 1 aromatic carbocycles. The molecule has 0 radical (unpaired) electrons. The highest BCUT2D eigenvalue weighted by Gasteiger charge is 2.51. The third kappa shape index (κ3) is 3.87. The molecule has 2 nitrogen and oxygen atoms in total. The molecule has 1 aliphatic carbocycles. The molecule has 0 bridgehead atoms. The highest BCUT2D eigenvalue weighted by molar-refractivity contribution is 5.15. The van der Waals surface area contributed by atoms with Crippen LogP contribution >= 0.6 is 0 Å². The normalized spacial score (nSPS) is 29.9. The van der Waals surface area contributed by atoms with Crippen molar-refractivity contribution < 1.29 is 4.74 Å². The smallest absolute Gasteiger partial charge is 0.0658 e. The third-order valence-electron chi connectivity index (χ3n) is 5.31. The van der Waals surface area contributed by atoms with Crippen molar-refractivity contribution in [1.82, 2.24) is 5.32 Å². The molecule has 4 unspecified atom stereocenters. The van der Waals surface area contributed by atoms with Crippen LogP contribution < -0.4 is 5.32 Å². The van der Waals surface area contributed by atoms with Crippen molar-refractivity contribution in [1.29, 1.82) is 0 Å². The molecular formula is C19H31NO. The molecule has 0 saturated heterocycles. The van der Waals surface area contributed by atoms with Gasteiger partial charge in [-0.15, -0.1) is 0 Å². The number of benzene rings is 1. The zero-order valence-corrected chi connectivity index (χ0v) is 14.1. The minimum absolute atomic E-state index is 0.303. The average Bonchev–Trinajstić information content (AvgIpc) is 2.52. The summed E-state index contributed by atoms with van der Waals surface area (Å²) in [6.45, 7) is 9.90. The average molecular weight is 289 g/mol. The van der Waals surface area contributed by atoms with Crippen LogP contribution in [0.15, 0.2) is 30.3 Å². The maximum Gasteiger partial charge on any atom is 0.0658 e. The summed E-state index contributed by atoms with van der Waals surface area (Å²) in [5.74, 6) is 0. The first-order valence-electron chi connectivity index (χ1n) is 8.51. The van der Waals surface area contributed by atoms with Crippen LogP contribution in [0.4, 0.5) is 0 Å². The van der Waals surface area contributed by atoms with E-state index in [1.807, 2.05) is 0 Å². The fourth-order valence-electron chi connectivity index (χ4n) is 3.46. The van der Waals surface area contributed by atoms with Gasteiger partial charge in [-0.3, -0.25) is 0 Å². The van der Waals surface area contributed by atoms with Crippen LogP contribution in [0.5, 0.6) is 0 Å². The van der Waals surface area contributed by atoms with Gasteiger partial charge >= 0.3 is 0 Å². The van der Waals surface area contributed by atoms with Crippen molar-refractivity contribution in [2.45, 2.75) is 71.6 Å². The largest absolute Gasteiger partial charge is 0.378 e. The number of hydrogen-bond donors (Lipinski definition) is 1. The molecule has 0 amide bonds. The van der Waals surface area contributed by atoms with Crippen molar-refractivity contribution >= 4 is 0 Å². The fraction of sp³-hybridized carbons (Fsp3) is 0.684. The predicted molar refractivity (Wildman–Crippen MR) is 89.6 cm³/mol. The second kappa shape index (κ2) is 7.42. The second-order valence-corrected chi connectivity index (χ2v) is 6.68. The lowest BCUT2D eigenvalue weighted by atomic mass is 9.61. The Hall–Kier alpha value is -0.860. The Bertz CT molecular complexity index is 419. The molecular weight excluding hydrogens is 258 g/mol. The molecule has 0 aromatic heterocycles. The molecule has 1 N–H and O–H groups in total. The Labute approximate surface area is 130 Å². The SMILES string of the molecule is CCOC1CC(NC(C)CCc2ccccc2)C1(C)CC. The van der Waals surface area contributed by atoms with E-state index in [1.165, 1.54) is 18.4 Å². The summed E-state index contributed by atoms with van der Waals surface area (Å²) in [6, 6.07) is 11.9. The first-order valence-corrected chi connectivity index (χ1v) is 8.51. The summed E-state index contributed by atoms with van der Waals surface area (Å²) in [6.07, 6.45) is 5.12. The van der Waals surface area contributed by atoms with Gasteiger partial charge in [-0.1, -0.05) is 44.2 Å². The van der Waals surface area contributed by atoms with Crippen LogP contribution in [-0.2, 0) is 11.2 Å². The van der Waals surface area contributed by atoms with Gasteiger partial charge in [0.05, 0.1) is 6.10 Å². The van der Waals surface area contributed by atoms with Crippen LogP contribution in [0.25, 0.3) is 0 Å². The summed E-state index contributed by atoms with van der Waals surface area (Å²) in [5, 5.41) is 3.84. The van der Waals surface area contributed by atoms with Crippen LogP contribution in [-0.4, -0.2) is 24.8 Å². The molecule has 4 atom stereocenters. The van der Waals surface area contributed by atoms with E-state index in [4.69, 9.17) is 4.74 Å². The van der Waals surface area contributed by atoms with Crippen LogP contribution in [0, 0.1) is 5.41 Å². The van der Waals surface area contributed by atoms with Gasteiger partial charge < -0.3 is 10.1 Å². The lowest BCUT2D eigenvalue weighted by Gasteiger charge is -2.54. The third-order valence-corrected chi connectivity index (χ3v) is 5.31. The highest BCUT2D eigenvalue weighted by atomic mass is 16.5. The monoisotopic (exact) mass is 289 g/mol. The predicted octanol–water partition coefficient (Wildman–Crippen LogP) is 4.19. The number of hydrogen-bond acceptors (Lipinski definition) is 2. The first-order chi connectivity index (χ1) is 10.1. The van der Waals surface area contributed by atoms with E-state index in [0.717, 1.165) is 19.4 Å². The Morgan fingerprint density at radius 2 is 2.00 bits per heavy atom. The molecule has 0 aliphatic heterocycles. The topological polar surface area (TPSA) is 21.3 Å². The summed E-state index contributed by atoms with van der Waals surface area (Å²) < 4.78 is 5.89. The van der Waals surface area contributed by atoms with Gasteiger partial charge in [0.2, 0.25) is 0 Å². The highest BCUT2D eigenvalue weighted by Crippen LogP contribution is 2.46. The molecule has 2 heteroatoms. The maximum absolute atomic E-state index is 5.89. The lowest BCUT2D eigenvalue weighted by Crippen LogP contribution is -2.63. The van der Waals surface area contributed by atoms with E-state index in [0.29, 0.717) is 23.6 Å². The minimum atomic E-state index is 0.303. The molecule has 2 rings (SSSR count). The quantitative estimate of drug-likeness (QED) is 0.775. The van der Waals surface area contributed by atoms with Crippen molar-refractivity contribution in [2.75, 3.05) is 6.61 Å². The number of aryl methyl sites for hydroxylation is 1. The summed E-state index contributed by atoms with van der Waals surface area (Å²) >= 11 is 0. The molecule has 1 aromatic rings. The molecule has 1 saturated carbocycles. The molecule has 1 fully saturated rings. The second-order valence-electron chi connectivity index (χ2n) is 6.68. The van der Waals surface area contributed by atoms with Gasteiger partial charge in [0.1, 0.15) is 0 Å². The van der Waals surface area contributed by atoms with Crippen molar-refractivity contribution in [3.8, 4) is 0 Å². The molecule has 0 spiro atoms. The van der Waals surface area contributed by atoms with Crippen molar-refractivity contribution in [3.05, 3.63) is 35.9 Å². The molecule has 21 heavy (non-hydrogen) atoms. The standard InChI is InChI=1S/C19H31NO/c1-5-19(4)17(14-18(19)21-6-2)20-15(3)12-13-16-10-8-7-9-11-16/h7-11,15,17-18,20H,5-6,12-14H2,1-4H3. The van der Waals surface area contributed by atoms with E-state index >= 15 is 0 Å². The number of rotatable bonds is 8. The zero-order valence-electron chi connectivity index (χ0n) is 14.1. The Morgan fingerprint density at radius 3 is 2.62 bits per heavy atom. The molecule has 118 valence electrons. The number of nitrogens with one attached hydrogen (secondary N) is 1. The van der Waals surface area contributed by atoms with Gasteiger partial charge in [-0.25, -0.2) is 0 Å². The van der Waals surface area contributed by atoms with Gasteiger partial charge in [0.15, 0.2) is 0 Å². The maximum atomic E-state index is 5.89. The summed E-state index contributed by atoms with van der Waals surface area (Å²) in [5.41, 5.74) is 1.74. The van der Waals surface area contributed by atoms with E-state index in [1.54, 1.807) is 0 Å². The first kappa shape index (κ1) is 16.5. The van der Waals surface area contributed by atoms with Crippen LogP contribution in [0.1, 0.15) is 52.5 Å². The Balaban J connectivity index is 1.79.